The quantitative estimate of drug-likeness (QED) is 0.815. The highest BCUT2D eigenvalue weighted by Gasteiger charge is 2.08. The molecule has 1 heterocycles. The van der Waals surface area contributed by atoms with Crippen LogP contribution in [-0.4, -0.2) is 4.98 Å². The molecule has 0 radical (unpaired) electrons. The van der Waals surface area contributed by atoms with Gasteiger partial charge >= 0.3 is 0 Å². The largest absolute Gasteiger partial charge is 0.238 e. The minimum Gasteiger partial charge on any atom is -0.238 e. The summed E-state index contributed by atoms with van der Waals surface area (Å²) in [5.74, 6) is 0. The van der Waals surface area contributed by atoms with Crippen LogP contribution in [0.15, 0.2) is 39.0 Å². The van der Waals surface area contributed by atoms with Crippen molar-refractivity contribution in [1.29, 1.82) is 5.26 Å². The number of aromatic nitrogens is 1. The van der Waals surface area contributed by atoms with Gasteiger partial charge in [-0.1, -0.05) is 29.4 Å². The van der Waals surface area contributed by atoms with Crippen LogP contribution in [0.2, 0.25) is 5.02 Å². The highest BCUT2D eigenvalue weighted by molar-refractivity contribution is 8.01. The van der Waals surface area contributed by atoms with E-state index >= 15 is 0 Å². The van der Waals surface area contributed by atoms with Crippen LogP contribution in [0, 0.1) is 11.3 Å². The van der Waals surface area contributed by atoms with Gasteiger partial charge in [0.25, 0.3) is 0 Å². The Morgan fingerprint density at radius 3 is 3.00 bits per heavy atom. The predicted molar refractivity (Wildman–Crippen MR) is 62.4 cm³/mol. The van der Waals surface area contributed by atoms with E-state index < -0.39 is 0 Å². The van der Waals surface area contributed by atoms with Crippen molar-refractivity contribution in [3.8, 4) is 6.07 Å². The van der Waals surface area contributed by atoms with Crippen molar-refractivity contribution in [2.75, 3.05) is 0 Å². The molecule has 0 amide bonds. The molecular weight excluding hydrogens is 248 g/mol. The Morgan fingerprint density at radius 1 is 1.47 bits per heavy atom. The third-order valence-corrected chi connectivity index (χ3v) is 3.95. The fourth-order valence-electron chi connectivity index (χ4n) is 1.05. The van der Waals surface area contributed by atoms with Gasteiger partial charge in [0.1, 0.15) is 6.07 Å². The van der Waals surface area contributed by atoms with Crippen molar-refractivity contribution < 1.29 is 0 Å². The average Bonchev–Trinajstić information content (AvgIpc) is 2.71. The normalized spacial score (nSPS) is 9.87. The van der Waals surface area contributed by atoms with Gasteiger partial charge in [0, 0.05) is 16.5 Å². The van der Waals surface area contributed by atoms with Crippen LogP contribution >= 0.6 is 34.7 Å². The summed E-state index contributed by atoms with van der Waals surface area (Å²) in [6.45, 7) is 0. The van der Waals surface area contributed by atoms with Crippen molar-refractivity contribution in [3.05, 3.63) is 40.4 Å². The number of benzene rings is 1. The van der Waals surface area contributed by atoms with Crippen molar-refractivity contribution in [1.82, 2.24) is 4.98 Å². The molecule has 0 fully saturated rings. The van der Waals surface area contributed by atoms with E-state index in [1.165, 1.54) is 11.8 Å². The molecule has 1 aromatic carbocycles. The molecule has 2 rings (SSSR count). The zero-order chi connectivity index (χ0) is 10.7. The standard InChI is InChI=1S/C10H5ClN2S2/c11-8-2-1-3-9(7(8)6-12)15-10-13-4-5-14-10/h1-5H. The number of nitriles is 1. The van der Waals surface area contributed by atoms with Crippen molar-refractivity contribution in [2.45, 2.75) is 9.24 Å². The molecule has 1 aromatic heterocycles. The first-order valence-corrected chi connectivity index (χ1v) is 6.14. The Hall–Kier alpha value is -1.02. The van der Waals surface area contributed by atoms with Crippen molar-refractivity contribution in [2.24, 2.45) is 0 Å². The molecule has 2 aromatic rings. The number of halogens is 1. The van der Waals surface area contributed by atoms with Gasteiger partial charge in [-0.25, -0.2) is 4.98 Å². The first-order chi connectivity index (χ1) is 7.31. The SMILES string of the molecule is N#Cc1c(Cl)cccc1Sc1nccs1. The Kier molecular flexibility index (Phi) is 3.27. The summed E-state index contributed by atoms with van der Waals surface area (Å²) in [4.78, 5) is 4.99. The Labute approximate surface area is 101 Å². The molecule has 0 saturated carbocycles. The van der Waals surface area contributed by atoms with Gasteiger partial charge in [-0.3, -0.25) is 0 Å². The smallest absolute Gasteiger partial charge is 0.154 e. The van der Waals surface area contributed by atoms with E-state index in [2.05, 4.69) is 11.1 Å². The van der Waals surface area contributed by atoms with E-state index in [9.17, 15) is 0 Å². The summed E-state index contributed by atoms with van der Waals surface area (Å²) in [7, 11) is 0. The van der Waals surface area contributed by atoms with E-state index in [-0.39, 0.29) is 0 Å². The molecular formula is C10H5ClN2S2. The monoisotopic (exact) mass is 252 g/mol. The van der Waals surface area contributed by atoms with Gasteiger partial charge < -0.3 is 0 Å². The van der Waals surface area contributed by atoms with Crippen molar-refractivity contribution in [3.63, 3.8) is 0 Å². The van der Waals surface area contributed by atoms with Gasteiger partial charge in [0.2, 0.25) is 0 Å². The maximum Gasteiger partial charge on any atom is 0.154 e. The Morgan fingerprint density at radius 2 is 2.33 bits per heavy atom. The van der Waals surface area contributed by atoms with Crippen molar-refractivity contribution >= 4 is 34.7 Å². The molecule has 0 aliphatic heterocycles. The molecule has 0 spiro atoms. The summed E-state index contributed by atoms with van der Waals surface area (Å²) >= 11 is 8.92. The molecule has 15 heavy (non-hydrogen) atoms. The molecule has 0 aliphatic carbocycles. The second-order valence-corrected chi connectivity index (χ2v) is 5.22. The Bertz CT molecular complexity index is 503. The van der Waals surface area contributed by atoms with E-state index in [1.54, 1.807) is 23.6 Å². The lowest BCUT2D eigenvalue weighted by Crippen LogP contribution is -1.82. The summed E-state index contributed by atoms with van der Waals surface area (Å²) in [5, 5.41) is 11.4. The van der Waals surface area contributed by atoms with Crippen LogP contribution in [0.1, 0.15) is 5.56 Å². The highest BCUT2D eigenvalue weighted by atomic mass is 35.5. The molecule has 0 N–H and O–H groups in total. The van der Waals surface area contributed by atoms with Crippen LogP contribution in [0.4, 0.5) is 0 Å². The second-order valence-electron chi connectivity index (χ2n) is 2.62. The van der Waals surface area contributed by atoms with E-state index in [1.807, 2.05) is 17.5 Å². The van der Waals surface area contributed by atoms with Crippen LogP contribution in [0.25, 0.3) is 0 Å². The third kappa shape index (κ3) is 2.32. The molecule has 0 saturated heterocycles. The van der Waals surface area contributed by atoms with Gasteiger partial charge in [-0.2, -0.15) is 5.26 Å². The highest BCUT2D eigenvalue weighted by Crippen LogP contribution is 2.34. The van der Waals surface area contributed by atoms with Crippen LogP contribution in [0.3, 0.4) is 0 Å². The van der Waals surface area contributed by atoms with Gasteiger partial charge in [0.15, 0.2) is 4.34 Å². The lowest BCUT2D eigenvalue weighted by Gasteiger charge is -2.01. The minimum absolute atomic E-state index is 0.485. The van der Waals surface area contributed by atoms with Gasteiger partial charge in [-0.05, 0) is 12.1 Å². The maximum atomic E-state index is 8.96. The number of hydrogen-bond donors (Lipinski definition) is 0. The molecule has 5 heteroatoms. The number of thiazole rings is 1. The number of hydrogen-bond acceptors (Lipinski definition) is 4. The minimum atomic E-state index is 0.485. The fourth-order valence-corrected chi connectivity index (χ4v) is 3.02. The zero-order valence-electron chi connectivity index (χ0n) is 7.48. The molecule has 0 unspecified atom stereocenters. The van der Waals surface area contributed by atoms with Gasteiger partial charge in [-0.15, -0.1) is 11.3 Å². The molecule has 74 valence electrons. The van der Waals surface area contributed by atoms with E-state index in [0.29, 0.717) is 10.6 Å². The topological polar surface area (TPSA) is 36.7 Å². The molecule has 0 bridgehead atoms. The predicted octanol–water partition coefficient (Wildman–Crippen LogP) is 3.82. The lowest BCUT2D eigenvalue weighted by atomic mass is 10.2. The van der Waals surface area contributed by atoms with Crippen LogP contribution in [-0.2, 0) is 0 Å². The summed E-state index contributed by atoms with van der Waals surface area (Å²) in [5.41, 5.74) is 0.513. The summed E-state index contributed by atoms with van der Waals surface area (Å²) < 4.78 is 0.911. The van der Waals surface area contributed by atoms with Gasteiger partial charge in [0.05, 0.1) is 10.6 Å². The number of rotatable bonds is 2. The first kappa shape index (κ1) is 10.5. The second kappa shape index (κ2) is 4.67. The average molecular weight is 253 g/mol. The molecule has 2 nitrogen and oxygen atoms in total. The van der Waals surface area contributed by atoms with E-state index in [4.69, 9.17) is 16.9 Å². The molecule has 0 atom stereocenters. The first-order valence-electron chi connectivity index (χ1n) is 4.07. The molecule has 0 aliphatic rings. The summed E-state index contributed by atoms with van der Waals surface area (Å²) in [6, 6.07) is 7.52. The zero-order valence-corrected chi connectivity index (χ0v) is 9.86. The number of nitrogens with zero attached hydrogens (tertiary/aromatic N) is 2. The van der Waals surface area contributed by atoms with Crippen LogP contribution < -0.4 is 0 Å². The Balaban J connectivity index is 2.37. The maximum absolute atomic E-state index is 8.96. The third-order valence-electron chi connectivity index (χ3n) is 1.69. The van der Waals surface area contributed by atoms with Crippen LogP contribution in [0.5, 0.6) is 0 Å². The fraction of sp³-hybridized carbons (Fsp3) is 0. The lowest BCUT2D eigenvalue weighted by molar-refractivity contribution is 1.24. The summed E-state index contributed by atoms with van der Waals surface area (Å²) in [6.07, 6.45) is 1.74. The van der Waals surface area contributed by atoms with E-state index in [0.717, 1.165) is 9.24 Å².